The van der Waals surface area contributed by atoms with E-state index < -0.39 is 0 Å². The summed E-state index contributed by atoms with van der Waals surface area (Å²) in [6.45, 7) is 3.29. The maximum absolute atomic E-state index is 5.32. The van der Waals surface area contributed by atoms with Crippen LogP contribution in [0.4, 0.5) is 5.69 Å². The molecular formula is C20H25Cl2N5O. The summed E-state index contributed by atoms with van der Waals surface area (Å²) in [4.78, 5) is 9.39. The van der Waals surface area contributed by atoms with Gasteiger partial charge in [0.15, 0.2) is 5.65 Å². The van der Waals surface area contributed by atoms with E-state index in [0.717, 1.165) is 36.4 Å². The fourth-order valence-electron chi connectivity index (χ4n) is 4.87. The molecule has 2 saturated heterocycles. The van der Waals surface area contributed by atoms with Crippen molar-refractivity contribution in [3.05, 3.63) is 48.3 Å². The molecule has 2 aliphatic heterocycles. The summed E-state index contributed by atoms with van der Waals surface area (Å²) in [6.07, 6.45) is 3.76. The zero-order chi connectivity index (χ0) is 17.7. The predicted octanol–water partition coefficient (Wildman–Crippen LogP) is 3.55. The van der Waals surface area contributed by atoms with Crippen molar-refractivity contribution >= 4 is 41.5 Å². The van der Waals surface area contributed by atoms with Crippen LogP contribution in [0.1, 0.15) is 11.6 Å². The molecule has 2 fully saturated rings. The van der Waals surface area contributed by atoms with Crippen LogP contribution in [-0.4, -0.2) is 53.9 Å². The van der Waals surface area contributed by atoms with Crippen molar-refractivity contribution < 1.29 is 4.74 Å². The maximum Gasteiger partial charge on any atom is 0.157 e. The largest absolute Gasteiger partial charge is 0.497 e. The van der Waals surface area contributed by atoms with Crippen molar-refractivity contribution in [3.63, 3.8) is 0 Å². The van der Waals surface area contributed by atoms with Gasteiger partial charge in [-0.2, -0.15) is 5.10 Å². The molecule has 2 aromatic heterocycles. The lowest BCUT2D eigenvalue weighted by Crippen LogP contribution is -2.29. The van der Waals surface area contributed by atoms with Gasteiger partial charge in [-0.15, -0.1) is 24.8 Å². The van der Waals surface area contributed by atoms with Crippen LogP contribution in [0.2, 0.25) is 0 Å². The van der Waals surface area contributed by atoms with E-state index >= 15 is 0 Å². The van der Waals surface area contributed by atoms with Crippen LogP contribution in [0.15, 0.2) is 42.7 Å². The second-order valence-corrected chi connectivity index (χ2v) is 7.45. The summed E-state index contributed by atoms with van der Waals surface area (Å²) in [5.41, 5.74) is 3.49. The number of methoxy groups -OCH3 is 1. The van der Waals surface area contributed by atoms with Gasteiger partial charge in [-0.25, -0.2) is 4.98 Å². The number of aromatic nitrogens is 3. The first kappa shape index (κ1) is 20.7. The van der Waals surface area contributed by atoms with Crippen LogP contribution in [0.25, 0.3) is 11.0 Å². The molecule has 4 heterocycles. The Hall–Kier alpha value is -2.02. The zero-order valence-corrected chi connectivity index (χ0v) is 17.5. The highest BCUT2D eigenvalue weighted by atomic mass is 35.5. The molecule has 3 aromatic rings. The first-order chi connectivity index (χ1) is 12.7. The van der Waals surface area contributed by atoms with E-state index in [-0.39, 0.29) is 24.8 Å². The SMILES string of the molecule is COc1ccc([C@@H]2[C@@H]3CN(c4ccnc5[nH]ncc45)C[C@@H]3CN2C)cc1.Cl.Cl. The summed E-state index contributed by atoms with van der Waals surface area (Å²) in [5, 5.41) is 8.25. The molecule has 3 atom stereocenters. The van der Waals surface area contributed by atoms with E-state index in [2.05, 4.69) is 62.4 Å². The Kier molecular flexibility index (Phi) is 6.03. The van der Waals surface area contributed by atoms with Gasteiger partial charge in [-0.3, -0.25) is 10.00 Å². The number of halogens is 2. The monoisotopic (exact) mass is 421 g/mol. The van der Waals surface area contributed by atoms with Gasteiger partial charge in [0.1, 0.15) is 5.75 Å². The molecule has 6 nitrogen and oxygen atoms in total. The number of H-pyrrole nitrogens is 1. The lowest BCUT2D eigenvalue weighted by atomic mass is 9.89. The Morgan fingerprint density at radius 3 is 2.61 bits per heavy atom. The third-order valence-corrected chi connectivity index (χ3v) is 6.02. The van der Waals surface area contributed by atoms with Crippen LogP contribution >= 0.6 is 24.8 Å². The predicted molar refractivity (Wildman–Crippen MR) is 116 cm³/mol. The molecule has 1 N–H and O–H groups in total. The second kappa shape index (κ2) is 8.15. The molecule has 0 radical (unpaired) electrons. The van der Waals surface area contributed by atoms with Gasteiger partial charge in [0.2, 0.25) is 0 Å². The maximum atomic E-state index is 5.32. The zero-order valence-electron chi connectivity index (χ0n) is 15.9. The van der Waals surface area contributed by atoms with E-state index in [1.165, 1.54) is 11.3 Å². The number of hydrogen-bond donors (Lipinski definition) is 1. The number of rotatable bonds is 3. The van der Waals surface area contributed by atoms with E-state index in [0.29, 0.717) is 17.9 Å². The molecule has 0 amide bonds. The molecule has 0 bridgehead atoms. The summed E-state index contributed by atoms with van der Waals surface area (Å²) in [6, 6.07) is 11.1. The standard InChI is InChI=1S/C20H23N5O.2ClH/c1-24-10-14-11-25(18-7-8-21-20-16(18)9-22-23-20)12-17(14)19(24)13-3-5-15(26-2)6-4-13;;/h3-9,14,17,19H,10-12H2,1-2H3,(H,21,22,23);2*1H/t14-,17+,19+;;/m0../s1. The molecule has 2 aliphatic rings. The van der Waals surface area contributed by atoms with Gasteiger partial charge in [0, 0.05) is 37.8 Å². The first-order valence-corrected chi connectivity index (χ1v) is 9.12. The molecule has 5 rings (SSSR count). The number of fused-ring (bicyclic) bond motifs is 2. The molecule has 150 valence electrons. The average molecular weight is 422 g/mol. The van der Waals surface area contributed by atoms with Gasteiger partial charge in [-0.05, 0) is 36.7 Å². The summed E-state index contributed by atoms with van der Waals surface area (Å²) in [5.74, 6) is 2.23. The quantitative estimate of drug-likeness (QED) is 0.700. The summed E-state index contributed by atoms with van der Waals surface area (Å²) < 4.78 is 5.32. The minimum Gasteiger partial charge on any atom is -0.497 e. The smallest absolute Gasteiger partial charge is 0.157 e. The van der Waals surface area contributed by atoms with E-state index in [1.807, 2.05) is 12.4 Å². The fraction of sp³-hybridized carbons (Fsp3) is 0.400. The Balaban J connectivity index is 0.00000112. The van der Waals surface area contributed by atoms with E-state index in [1.54, 1.807) is 7.11 Å². The number of nitrogens with one attached hydrogen (secondary N) is 1. The Morgan fingerprint density at radius 1 is 1.07 bits per heavy atom. The topological polar surface area (TPSA) is 57.3 Å². The number of anilines is 1. The number of likely N-dealkylation sites (tertiary alicyclic amines) is 1. The lowest BCUT2D eigenvalue weighted by molar-refractivity contribution is 0.279. The van der Waals surface area contributed by atoms with Crippen LogP contribution in [-0.2, 0) is 0 Å². The molecule has 8 heteroatoms. The van der Waals surface area contributed by atoms with Crippen LogP contribution in [0.3, 0.4) is 0 Å². The number of hydrogen-bond acceptors (Lipinski definition) is 5. The highest BCUT2D eigenvalue weighted by Crippen LogP contribution is 2.45. The normalized spacial score (nSPS) is 23.9. The molecule has 0 saturated carbocycles. The fourth-order valence-corrected chi connectivity index (χ4v) is 4.87. The number of nitrogens with zero attached hydrogens (tertiary/aromatic N) is 4. The van der Waals surface area contributed by atoms with Crippen molar-refractivity contribution in [1.29, 1.82) is 0 Å². The van der Waals surface area contributed by atoms with E-state index in [9.17, 15) is 0 Å². The highest BCUT2D eigenvalue weighted by molar-refractivity contribution is 5.88. The van der Waals surface area contributed by atoms with Crippen molar-refractivity contribution in [2.75, 3.05) is 38.7 Å². The van der Waals surface area contributed by atoms with Crippen LogP contribution in [0.5, 0.6) is 5.75 Å². The minimum absolute atomic E-state index is 0. The molecule has 1 aromatic carbocycles. The number of benzene rings is 1. The Bertz CT molecular complexity index is 932. The van der Waals surface area contributed by atoms with Gasteiger partial charge < -0.3 is 9.64 Å². The molecule has 0 spiro atoms. The van der Waals surface area contributed by atoms with Crippen molar-refractivity contribution in [2.45, 2.75) is 6.04 Å². The van der Waals surface area contributed by atoms with Gasteiger partial charge >= 0.3 is 0 Å². The Labute approximate surface area is 177 Å². The van der Waals surface area contributed by atoms with Gasteiger partial charge in [-0.1, -0.05) is 12.1 Å². The lowest BCUT2D eigenvalue weighted by Gasteiger charge is -2.28. The van der Waals surface area contributed by atoms with Crippen molar-refractivity contribution in [1.82, 2.24) is 20.1 Å². The number of aromatic amines is 1. The van der Waals surface area contributed by atoms with Crippen molar-refractivity contribution in [2.24, 2.45) is 11.8 Å². The third-order valence-electron chi connectivity index (χ3n) is 6.02. The van der Waals surface area contributed by atoms with Gasteiger partial charge in [0.05, 0.1) is 24.4 Å². The number of pyridine rings is 1. The average Bonchev–Trinajstić information content (AvgIpc) is 3.35. The highest BCUT2D eigenvalue weighted by Gasteiger charge is 2.46. The van der Waals surface area contributed by atoms with Crippen LogP contribution < -0.4 is 9.64 Å². The molecule has 0 aliphatic carbocycles. The summed E-state index contributed by atoms with van der Waals surface area (Å²) in [7, 11) is 3.96. The molecule has 28 heavy (non-hydrogen) atoms. The Morgan fingerprint density at radius 2 is 1.86 bits per heavy atom. The first-order valence-electron chi connectivity index (χ1n) is 9.12. The van der Waals surface area contributed by atoms with Crippen LogP contribution in [0, 0.1) is 11.8 Å². The van der Waals surface area contributed by atoms with Crippen molar-refractivity contribution in [3.8, 4) is 5.75 Å². The third kappa shape index (κ3) is 3.30. The minimum atomic E-state index is 0. The summed E-state index contributed by atoms with van der Waals surface area (Å²) >= 11 is 0. The molecule has 0 unspecified atom stereocenters. The molecular weight excluding hydrogens is 397 g/mol. The van der Waals surface area contributed by atoms with Gasteiger partial charge in [0.25, 0.3) is 0 Å². The van der Waals surface area contributed by atoms with E-state index in [4.69, 9.17) is 4.74 Å². The second-order valence-electron chi connectivity index (χ2n) is 7.45. The number of ether oxygens (including phenoxy) is 1.